The van der Waals surface area contributed by atoms with Crippen LogP contribution in [0.25, 0.3) is 0 Å². The molecule has 2 rings (SSSR count). The SMILES string of the molecule is ClN1C[C@H]2C[C@@H]1CO2. The van der Waals surface area contributed by atoms with Crippen molar-refractivity contribution in [2.75, 3.05) is 13.2 Å². The average molecular weight is 134 g/mol. The van der Waals surface area contributed by atoms with Gasteiger partial charge < -0.3 is 4.74 Å². The molecule has 0 saturated carbocycles. The minimum absolute atomic E-state index is 0.442. The van der Waals surface area contributed by atoms with Crippen molar-refractivity contribution in [3.8, 4) is 0 Å². The van der Waals surface area contributed by atoms with Gasteiger partial charge in [0.2, 0.25) is 0 Å². The number of hydrogen-bond acceptors (Lipinski definition) is 2. The maximum atomic E-state index is 5.76. The molecular weight excluding hydrogens is 126 g/mol. The molecule has 0 aromatic heterocycles. The van der Waals surface area contributed by atoms with E-state index < -0.39 is 0 Å². The zero-order valence-corrected chi connectivity index (χ0v) is 5.27. The Kier molecular flexibility index (Phi) is 1.00. The van der Waals surface area contributed by atoms with Gasteiger partial charge in [-0.2, -0.15) is 0 Å². The summed E-state index contributed by atoms with van der Waals surface area (Å²) < 4.78 is 7.15. The molecule has 0 radical (unpaired) electrons. The van der Waals surface area contributed by atoms with Crippen LogP contribution in [-0.2, 0) is 4.74 Å². The Morgan fingerprint density at radius 2 is 2.50 bits per heavy atom. The number of hydrogen-bond donors (Lipinski definition) is 0. The van der Waals surface area contributed by atoms with Crippen LogP contribution in [-0.4, -0.2) is 29.7 Å². The standard InChI is InChI=1S/C5H8ClNO/c6-7-2-5-1-4(7)3-8-5/h4-5H,1-3H2/t4-,5-/m1/s1. The molecule has 2 nitrogen and oxygen atoms in total. The van der Waals surface area contributed by atoms with Crippen LogP contribution in [0.2, 0.25) is 0 Å². The molecule has 2 atom stereocenters. The summed E-state index contributed by atoms with van der Waals surface area (Å²) in [6.07, 6.45) is 1.58. The quantitative estimate of drug-likeness (QED) is 0.449. The number of morpholine rings is 1. The van der Waals surface area contributed by atoms with Crippen molar-refractivity contribution >= 4 is 11.8 Å². The number of nitrogens with zero attached hydrogens (tertiary/aromatic N) is 1. The van der Waals surface area contributed by atoms with Gasteiger partial charge in [-0.3, -0.25) is 0 Å². The Morgan fingerprint density at radius 1 is 1.62 bits per heavy atom. The summed E-state index contributed by atoms with van der Waals surface area (Å²) in [4.78, 5) is 0. The molecule has 0 N–H and O–H groups in total. The van der Waals surface area contributed by atoms with Crippen LogP contribution < -0.4 is 0 Å². The number of halogens is 1. The molecule has 0 aromatic carbocycles. The van der Waals surface area contributed by atoms with Crippen molar-refractivity contribution in [1.82, 2.24) is 4.42 Å². The van der Waals surface area contributed by atoms with E-state index in [-0.39, 0.29) is 0 Å². The summed E-state index contributed by atoms with van der Waals surface area (Å²) in [5.41, 5.74) is 0. The third-order valence-corrected chi connectivity index (χ3v) is 2.25. The highest BCUT2D eigenvalue weighted by Gasteiger charge is 2.37. The second-order valence-electron chi connectivity index (χ2n) is 2.43. The lowest BCUT2D eigenvalue weighted by Gasteiger charge is -2.18. The molecule has 0 unspecified atom stereocenters. The smallest absolute Gasteiger partial charge is 0.0732 e. The van der Waals surface area contributed by atoms with E-state index in [0.29, 0.717) is 12.1 Å². The number of ether oxygens (including phenoxy) is 1. The Labute approximate surface area is 53.5 Å². The first-order chi connectivity index (χ1) is 3.86. The summed E-state index contributed by atoms with van der Waals surface area (Å²) in [6.45, 7) is 1.76. The molecule has 2 heterocycles. The van der Waals surface area contributed by atoms with Crippen molar-refractivity contribution in [2.45, 2.75) is 18.6 Å². The first-order valence-electron chi connectivity index (χ1n) is 2.90. The van der Waals surface area contributed by atoms with Gasteiger partial charge in [-0.05, 0) is 18.2 Å². The molecule has 8 heavy (non-hydrogen) atoms. The van der Waals surface area contributed by atoms with Crippen LogP contribution in [0.5, 0.6) is 0 Å². The fourth-order valence-corrected chi connectivity index (χ4v) is 1.64. The summed E-state index contributed by atoms with van der Waals surface area (Å²) in [7, 11) is 0. The molecule has 2 aliphatic heterocycles. The topological polar surface area (TPSA) is 12.5 Å². The molecule has 0 aromatic rings. The molecule has 2 fully saturated rings. The highest BCUT2D eigenvalue weighted by Crippen LogP contribution is 2.28. The van der Waals surface area contributed by atoms with Gasteiger partial charge in [0.25, 0.3) is 0 Å². The van der Waals surface area contributed by atoms with Gasteiger partial charge in [-0.1, -0.05) is 0 Å². The van der Waals surface area contributed by atoms with Crippen molar-refractivity contribution in [3.63, 3.8) is 0 Å². The van der Waals surface area contributed by atoms with E-state index >= 15 is 0 Å². The van der Waals surface area contributed by atoms with Crippen molar-refractivity contribution in [2.24, 2.45) is 0 Å². The first-order valence-corrected chi connectivity index (χ1v) is 3.24. The lowest BCUT2D eigenvalue weighted by atomic mass is 10.3. The summed E-state index contributed by atoms with van der Waals surface area (Å²) >= 11 is 5.76. The summed E-state index contributed by atoms with van der Waals surface area (Å²) in [5.74, 6) is 0. The van der Waals surface area contributed by atoms with Crippen LogP contribution in [0.3, 0.4) is 0 Å². The van der Waals surface area contributed by atoms with E-state index in [4.69, 9.17) is 16.5 Å². The van der Waals surface area contributed by atoms with Gasteiger partial charge in [-0.15, -0.1) is 0 Å². The fraction of sp³-hybridized carbons (Fsp3) is 1.00. The molecule has 46 valence electrons. The average Bonchev–Trinajstić information content (AvgIpc) is 2.23. The largest absolute Gasteiger partial charge is 0.375 e. The van der Waals surface area contributed by atoms with Crippen molar-refractivity contribution in [1.29, 1.82) is 0 Å². The zero-order valence-electron chi connectivity index (χ0n) is 4.51. The van der Waals surface area contributed by atoms with Crippen LogP contribution in [0.15, 0.2) is 0 Å². The second-order valence-corrected chi connectivity index (χ2v) is 2.86. The van der Waals surface area contributed by atoms with E-state index in [1.165, 1.54) is 0 Å². The molecular formula is C5H8ClNO. The third kappa shape index (κ3) is 0.569. The number of fused-ring (bicyclic) bond motifs is 2. The molecule has 2 bridgehead atoms. The lowest BCUT2D eigenvalue weighted by molar-refractivity contribution is 0.0618. The van der Waals surface area contributed by atoms with Gasteiger partial charge in [0.1, 0.15) is 0 Å². The minimum Gasteiger partial charge on any atom is -0.375 e. The zero-order chi connectivity index (χ0) is 5.56. The van der Waals surface area contributed by atoms with Gasteiger partial charge in [0, 0.05) is 6.54 Å². The van der Waals surface area contributed by atoms with Crippen LogP contribution in [0.1, 0.15) is 6.42 Å². The van der Waals surface area contributed by atoms with Gasteiger partial charge in [0.05, 0.1) is 18.8 Å². The third-order valence-electron chi connectivity index (χ3n) is 1.83. The van der Waals surface area contributed by atoms with E-state index in [1.807, 2.05) is 4.42 Å². The first kappa shape index (κ1) is 5.03. The van der Waals surface area contributed by atoms with E-state index in [9.17, 15) is 0 Å². The molecule has 2 aliphatic rings. The normalized spacial score (nSPS) is 46.1. The van der Waals surface area contributed by atoms with Crippen LogP contribution >= 0.6 is 11.8 Å². The predicted molar refractivity (Wildman–Crippen MR) is 30.7 cm³/mol. The molecule has 0 spiro atoms. The summed E-state index contributed by atoms with van der Waals surface area (Å²) in [6, 6.07) is 0.515. The molecule has 2 saturated heterocycles. The monoisotopic (exact) mass is 133 g/mol. The fourth-order valence-electron chi connectivity index (χ4n) is 1.35. The van der Waals surface area contributed by atoms with Gasteiger partial charge in [0.15, 0.2) is 0 Å². The predicted octanol–water partition coefficient (Wildman–Crippen LogP) is 0.613. The summed E-state index contributed by atoms with van der Waals surface area (Å²) in [5, 5.41) is 0. The van der Waals surface area contributed by atoms with Crippen LogP contribution in [0.4, 0.5) is 0 Å². The Balaban J connectivity index is 2.11. The van der Waals surface area contributed by atoms with E-state index in [2.05, 4.69) is 0 Å². The Morgan fingerprint density at radius 3 is 2.75 bits per heavy atom. The maximum Gasteiger partial charge on any atom is 0.0732 e. The van der Waals surface area contributed by atoms with E-state index in [1.54, 1.807) is 0 Å². The van der Waals surface area contributed by atoms with Crippen LogP contribution in [0, 0.1) is 0 Å². The lowest BCUT2D eigenvalue weighted by Crippen LogP contribution is -2.29. The Bertz CT molecular complexity index is 107. The highest BCUT2D eigenvalue weighted by molar-refractivity contribution is 6.13. The molecule has 0 aliphatic carbocycles. The maximum absolute atomic E-state index is 5.76. The minimum atomic E-state index is 0.442. The van der Waals surface area contributed by atoms with Crippen molar-refractivity contribution < 1.29 is 4.74 Å². The molecule has 3 heteroatoms. The van der Waals surface area contributed by atoms with Crippen molar-refractivity contribution in [3.05, 3.63) is 0 Å². The number of rotatable bonds is 0. The van der Waals surface area contributed by atoms with Gasteiger partial charge in [-0.25, -0.2) is 4.42 Å². The highest BCUT2D eigenvalue weighted by atomic mass is 35.5. The van der Waals surface area contributed by atoms with E-state index in [0.717, 1.165) is 19.6 Å². The Hall–Kier alpha value is 0.210. The molecule has 0 amide bonds. The second kappa shape index (κ2) is 1.59. The van der Waals surface area contributed by atoms with Gasteiger partial charge >= 0.3 is 0 Å².